The van der Waals surface area contributed by atoms with Gasteiger partial charge in [0.1, 0.15) is 6.04 Å². The molecule has 0 aliphatic heterocycles. The standard InChI is InChI=1S/C11H21N3O4/c1-4-14(6-7(2)3)11(18)13-8(10(16)17)5-9(12)15/h7-8H,4-6H2,1-3H3,(H2,12,15)(H,13,18)(H,16,17). The highest BCUT2D eigenvalue weighted by atomic mass is 16.4. The van der Waals surface area contributed by atoms with E-state index in [2.05, 4.69) is 5.32 Å². The molecule has 1 unspecified atom stereocenters. The molecule has 0 aromatic heterocycles. The Hall–Kier alpha value is -1.79. The van der Waals surface area contributed by atoms with Gasteiger partial charge in [0.2, 0.25) is 5.91 Å². The van der Waals surface area contributed by atoms with Gasteiger partial charge in [-0.15, -0.1) is 0 Å². The van der Waals surface area contributed by atoms with E-state index in [1.807, 2.05) is 13.8 Å². The molecular formula is C11H21N3O4. The molecule has 0 aromatic carbocycles. The predicted octanol–water partition coefficient (Wildman–Crippen LogP) is 0.00250. The van der Waals surface area contributed by atoms with Crippen molar-refractivity contribution in [3.8, 4) is 0 Å². The van der Waals surface area contributed by atoms with Gasteiger partial charge in [-0.2, -0.15) is 0 Å². The minimum absolute atomic E-state index is 0.273. The van der Waals surface area contributed by atoms with E-state index in [9.17, 15) is 14.4 Å². The van der Waals surface area contributed by atoms with E-state index < -0.39 is 30.4 Å². The molecule has 0 aliphatic carbocycles. The Morgan fingerprint density at radius 3 is 2.22 bits per heavy atom. The second kappa shape index (κ2) is 7.52. The van der Waals surface area contributed by atoms with Crippen LogP contribution in [0.2, 0.25) is 0 Å². The molecule has 0 fully saturated rings. The summed E-state index contributed by atoms with van der Waals surface area (Å²) >= 11 is 0. The molecule has 7 nitrogen and oxygen atoms in total. The first kappa shape index (κ1) is 16.2. The molecule has 7 heteroatoms. The van der Waals surface area contributed by atoms with E-state index in [0.717, 1.165) is 0 Å². The first-order chi connectivity index (χ1) is 8.27. The van der Waals surface area contributed by atoms with Gasteiger partial charge in [0.25, 0.3) is 0 Å². The number of rotatable bonds is 7. The van der Waals surface area contributed by atoms with Gasteiger partial charge in [-0.25, -0.2) is 9.59 Å². The number of nitrogens with zero attached hydrogens (tertiary/aromatic N) is 1. The fourth-order valence-corrected chi connectivity index (χ4v) is 1.44. The lowest BCUT2D eigenvalue weighted by molar-refractivity contribution is -0.140. The second-order valence-corrected chi connectivity index (χ2v) is 4.44. The van der Waals surface area contributed by atoms with Gasteiger partial charge in [0, 0.05) is 13.1 Å². The Morgan fingerprint density at radius 2 is 1.89 bits per heavy atom. The van der Waals surface area contributed by atoms with Gasteiger partial charge in [0.15, 0.2) is 0 Å². The summed E-state index contributed by atoms with van der Waals surface area (Å²) in [5, 5.41) is 11.2. The number of carboxylic acids is 1. The predicted molar refractivity (Wildman–Crippen MR) is 65.9 cm³/mol. The largest absolute Gasteiger partial charge is 0.480 e. The summed E-state index contributed by atoms with van der Waals surface area (Å²) < 4.78 is 0. The summed E-state index contributed by atoms with van der Waals surface area (Å²) in [6, 6.07) is -1.78. The normalized spacial score (nSPS) is 12.0. The van der Waals surface area contributed by atoms with Gasteiger partial charge in [-0.05, 0) is 12.8 Å². The highest BCUT2D eigenvalue weighted by molar-refractivity contribution is 5.87. The number of nitrogens with one attached hydrogen (secondary N) is 1. The Balaban J connectivity index is 4.56. The van der Waals surface area contributed by atoms with E-state index in [4.69, 9.17) is 10.8 Å². The van der Waals surface area contributed by atoms with Crippen LogP contribution < -0.4 is 11.1 Å². The van der Waals surface area contributed by atoms with Crippen LogP contribution in [0.3, 0.4) is 0 Å². The first-order valence-corrected chi connectivity index (χ1v) is 5.84. The van der Waals surface area contributed by atoms with Crippen LogP contribution in [0.15, 0.2) is 0 Å². The zero-order chi connectivity index (χ0) is 14.3. The molecule has 0 rings (SSSR count). The van der Waals surface area contributed by atoms with Crippen molar-refractivity contribution in [2.24, 2.45) is 11.7 Å². The zero-order valence-electron chi connectivity index (χ0n) is 11.0. The van der Waals surface area contributed by atoms with E-state index in [1.165, 1.54) is 4.90 Å². The fourth-order valence-electron chi connectivity index (χ4n) is 1.44. The third-order valence-electron chi connectivity index (χ3n) is 2.26. The van der Waals surface area contributed by atoms with Crippen LogP contribution in [0.25, 0.3) is 0 Å². The van der Waals surface area contributed by atoms with Crippen molar-refractivity contribution in [1.29, 1.82) is 0 Å². The summed E-state index contributed by atoms with van der Waals surface area (Å²) in [7, 11) is 0. The summed E-state index contributed by atoms with van der Waals surface area (Å²) in [4.78, 5) is 34.9. The number of urea groups is 1. The molecule has 0 bridgehead atoms. The van der Waals surface area contributed by atoms with Crippen molar-refractivity contribution < 1.29 is 19.5 Å². The van der Waals surface area contributed by atoms with Crippen LogP contribution in [0.1, 0.15) is 27.2 Å². The van der Waals surface area contributed by atoms with E-state index in [1.54, 1.807) is 6.92 Å². The number of carboxylic acid groups (broad SMARTS) is 1. The maximum absolute atomic E-state index is 11.8. The summed E-state index contributed by atoms with van der Waals surface area (Å²) in [6.07, 6.45) is -0.416. The molecule has 0 saturated carbocycles. The molecular weight excluding hydrogens is 238 g/mol. The Kier molecular flexibility index (Phi) is 6.77. The lowest BCUT2D eigenvalue weighted by Crippen LogP contribution is -2.50. The number of nitrogens with two attached hydrogens (primary N) is 1. The van der Waals surface area contributed by atoms with E-state index in [-0.39, 0.29) is 5.92 Å². The monoisotopic (exact) mass is 259 g/mol. The van der Waals surface area contributed by atoms with Crippen LogP contribution in [0.4, 0.5) is 4.79 Å². The summed E-state index contributed by atoms with van der Waals surface area (Å²) in [6.45, 7) is 6.69. The summed E-state index contributed by atoms with van der Waals surface area (Å²) in [5.74, 6) is -1.77. The third-order valence-corrected chi connectivity index (χ3v) is 2.26. The Morgan fingerprint density at radius 1 is 1.33 bits per heavy atom. The minimum atomic E-state index is -1.28. The highest BCUT2D eigenvalue weighted by Crippen LogP contribution is 2.01. The van der Waals surface area contributed by atoms with Crippen molar-refractivity contribution in [2.45, 2.75) is 33.2 Å². The van der Waals surface area contributed by atoms with Gasteiger partial charge < -0.3 is 21.1 Å². The molecule has 0 heterocycles. The van der Waals surface area contributed by atoms with Crippen LogP contribution in [-0.2, 0) is 9.59 Å². The average molecular weight is 259 g/mol. The topological polar surface area (TPSA) is 113 Å². The van der Waals surface area contributed by atoms with Crippen molar-refractivity contribution in [3.63, 3.8) is 0 Å². The molecule has 0 aromatic rings. The number of carbonyl (C=O) groups excluding carboxylic acids is 2. The molecule has 0 aliphatic rings. The van der Waals surface area contributed by atoms with Gasteiger partial charge in [0.05, 0.1) is 6.42 Å². The number of primary amides is 1. The average Bonchev–Trinajstić information content (AvgIpc) is 2.23. The lowest BCUT2D eigenvalue weighted by atomic mass is 10.2. The molecule has 0 spiro atoms. The summed E-state index contributed by atoms with van der Waals surface area (Å²) in [5.41, 5.74) is 4.93. The van der Waals surface area contributed by atoms with Crippen LogP contribution in [-0.4, -0.2) is 47.0 Å². The Bertz CT molecular complexity index is 317. The van der Waals surface area contributed by atoms with E-state index >= 15 is 0 Å². The van der Waals surface area contributed by atoms with Crippen LogP contribution in [0.5, 0.6) is 0 Å². The molecule has 1 atom stereocenters. The van der Waals surface area contributed by atoms with E-state index in [0.29, 0.717) is 13.1 Å². The highest BCUT2D eigenvalue weighted by Gasteiger charge is 2.24. The molecule has 4 N–H and O–H groups in total. The SMILES string of the molecule is CCN(CC(C)C)C(=O)NC(CC(N)=O)C(=O)O. The first-order valence-electron chi connectivity index (χ1n) is 5.84. The second-order valence-electron chi connectivity index (χ2n) is 4.44. The zero-order valence-corrected chi connectivity index (χ0v) is 11.0. The van der Waals surface area contributed by atoms with Crippen molar-refractivity contribution in [3.05, 3.63) is 0 Å². The third kappa shape index (κ3) is 6.07. The van der Waals surface area contributed by atoms with Gasteiger partial charge in [-0.1, -0.05) is 13.8 Å². The van der Waals surface area contributed by atoms with Crippen LogP contribution in [0, 0.1) is 5.92 Å². The quantitative estimate of drug-likeness (QED) is 0.597. The Labute approximate surface area is 106 Å². The minimum Gasteiger partial charge on any atom is -0.480 e. The van der Waals surface area contributed by atoms with Gasteiger partial charge >= 0.3 is 12.0 Å². The van der Waals surface area contributed by atoms with Gasteiger partial charge in [-0.3, -0.25) is 4.79 Å². The smallest absolute Gasteiger partial charge is 0.326 e. The number of hydrogen-bond acceptors (Lipinski definition) is 3. The molecule has 0 radical (unpaired) electrons. The number of amides is 3. The molecule has 0 saturated heterocycles. The van der Waals surface area contributed by atoms with Crippen LogP contribution >= 0.6 is 0 Å². The fraction of sp³-hybridized carbons (Fsp3) is 0.727. The van der Waals surface area contributed by atoms with Crippen molar-refractivity contribution in [1.82, 2.24) is 10.2 Å². The number of aliphatic carboxylic acids is 1. The van der Waals surface area contributed by atoms with Crippen molar-refractivity contribution >= 4 is 17.9 Å². The maximum atomic E-state index is 11.8. The molecule has 3 amide bonds. The van der Waals surface area contributed by atoms with Crippen molar-refractivity contribution in [2.75, 3.05) is 13.1 Å². The number of hydrogen-bond donors (Lipinski definition) is 3. The molecule has 18 heavy (non-hydrogen) atoms. The number of carbonyl (C=O) groups is 3. The maximum Gasteiger partial charge on any atom is 0.326 e. The lowest BCUT2D eigenvalue weighted by Gasteiger charge is -2.25. The molecule has 104 valence electrons.